The zero-order chi connectivity index (χ0) is 16.8. The van der Waals surface area contributed by atoms with Gasteiger partial charge in [-0.2, -0.15) is 0 Å². The molecule has 0 saturated carbocycles. The lowest BCUT2D eigenvalue weighted by Crippen LogP contribution is -2.38. The largest absolute Gasteiger partial charge is 0.383 e. The van der Waals surface area contributed by atoms with E-state index in [1.54, 1.807) is 6.20 Å². The normalized spacial score (nSPS) is 15.3. The van der Waals surface area contributed by atoms with Gasteiger partial charge in [-0.1, -0.05) is 37.3 Å². The number of hydrogen-bond acceptors (Lipinski definition) is 3. The monoisotopic (exact) mass is 323 g/mol. The number of nitrogens with one attached hydrogen (secondary N) is 1. The summed E-state index contributed by atoms with van der Waals surface area (Å²) in [6.07, 6.45) is 4.90. The van der Waals surface area contributed by atoms with Gasteiger partial charge in [0, 0.05) is 19.6 Å². The first-order valence-corrected chi connectivity index (χ1v) is 8.75. The van der Waals surface area contributed by atoms with Gasteiger partial charge in [0.1, 0.15) is 5.69 Å². The highest BCUT2D eigenvalue weighted by atomic mass is 16.2. The smallest absolute Gasteiger partial charge is 0.272 e. The molecule has 0 atom stereocenters. The molecule has 1 fully saturated rings. The van der Waals surface area contributed by atoms with E-state index in [0.717, 1.165) is 50.5 Å². The number of pyridine rings is 1. The van der Waals surface area contributed by atoms with Gasteiger partial charge in [0.2, 0.25) is 0 Å². The molecule has 1 aromatic heterocycles. The van der Waals surface area contributed by atoms with Crippen LogP contribution < -0.4 is 5.32 Å². The molecule has 24 heavy (non-hydrogen) atoms. The topological polar surface area (TPSA) is 45.2 Å². The molecule has 126 valence electrons. The van der Waals surface area contributed by atoms with E-state index < -0.39 is 0 Å². The van der Waals surface area contributed by atoms with Crippen molar-refractivity contribution in [1.82, 2.24) is 9.88 Å². The van der Waals surface area contributed by atoms with Crippen molar-refractivity contribution in [1.29, 1.82) is 0 Å². The standard InChI is InChI=1S/C20H25N3O/c1-16-10-13-23(14-11-16)20(24)19-8-7-18(15-22-19)21-12-9-17-5-3-2-4-6-17/h2-8,15-16,21H,9-14H2,1H3. The summed E-state index contributed by atoms with van der Waals surface area (Å²) in [4.78, 5) is 18.7. The Balaban J connectivity index is 1.50. The van der Waals surface area contributed by atoms with Crippen molar-refractivity contribution < 1.29 is 4.79 Å². The van der Waals surface area contributed by atoms with Crippen molar-refractivity contribution in [3.8, 4) is 0 Å². The highest BCUT2D eigenvalue weighted by Crippen LogP contribution is 2.18. The number of likely N-dealkylation sites (tertiary alicyclic amines) is 1. The summed E-state index contributed by atoms with van der Waals surface area (Å²) < 4.78 is 0. The van der Waals surface area contributed by atoms with Gasteiger partial charge in [-0.3, -0.25) is 4.79 Å². The van der Waals surface area contributed by atoms with Crippen LogP contribution in [-0.2, 0) is 6.42 Å². The van der Waals surface area contributed by atoms with E-state index in [2.05, 4.69) is 41.5 Å². The molecule has 1 aliphatic rings. The summed E-state index contributed by atoms with van der Waals surface area (Å²) >= 11 is 0. The Labute approximate surface area is 143 Å². The van der Waals surface area contributed by atoms with Gasteiger partial charge in [0.25, 0.3) is 5.91 Å². The Morgan fingerprint density at radius 3 is 2.58 bits per heavy atom. The molecule has 1 aromatic carbocycles. The van der Waals surface area contributed by atoms with Crippen LogP contribution in [0.2, 0.25) is 0 Å². The maximum atomic E-state index is 12.5. The summed E-state index contributed by atoms with van der Waals surface area (Å²) in [6, 6.07) is 14.2. The van der Waals surface area contributed by atoms with Gasteiger partial charge < -0.3 is 10.2 Å². The van der Waals surface area contributed by atoms with Crippen LogP contribution in [0.15, 0.2) is 48.7 Å². The minimum absolute atomic E-state index is 0.0535. The quantitative estimate of drug-likeness (QED) is 0.914. The Hall–Kier alpha value is -2.36. The zero-order valence-electron chi connectivity index (χ0n) is 14.2. The van der Waals surface area contributed by atoms with E-state index in [1.165, 1.54) is 5.56 Å². The molecule has 1 N–H and O–H groups in total. The van der Waals surface area contributed by atoms with Crippen LogP contribution in [0.5, 0.6) is 0 Å². The Kier molecular flexibility index (Phi) is 5.47. The van der Waals surface area contributed by atoms with E-state index in [0.29, 0.717) is 5.69 Å². The number of piperidine rings is 1. The second kappa shape index (κ2) is 7.95. The number of carbonyl (C=O) groups is 1. The number of nitrogens with zero attached hydrogens (tertiary/aromatic N) is 2. The van der Waals surface area contributed by atoms with E-state index in [4.69, 9.17) is 0 Å². The lowest BCUT2D eigenvalue weighted by atomic mass is 9.99. The highest BCUT2D eigenvalue weighted by Gasteiger charge is 2.22. The first-order valence-electron chi connectivity index (χ1n) is 8.75. The third-order valence-corrected chi connectivity index (χ3v) is 4.64. The molecule has 4 nitrogen and oxygen atoms in total. The van der Waals surface area contributed by atoms with Gasteiger partial charge in [0.15, 0.2) is 0 Å². The van der Waals surface area contributed by atoms with E-state index in [1.807, 2.05) is 23.1 Å². The lowest BCUT2D eigenvalue weighted by molar-refractivity contribution is 0.0691. The van der Waals surface area contributed by atoms with Gasteiger partial charge in [-0.05, 0) is 42.9 Å². The van der Waals surface area contributed by atoms with Gasteiger partial charge in [0.05, 0.1) is 11.9 Å². The fourth-order valence-electron chi connectivity index (χ4n) is 2.99. The molecule has 1 saturated heterocycles. The number of benzene rings is 1. The van der Waals surface area contributed by atoms with Crippen molar-refractivity contribution in [2.45, 2.75) is 26.2 Å². The van der Waals surface area contributed by atoms with Crippen LogP contribution in [-0.4, -0.2) is 35.4 Å². The third kappa shape index (κ3) is 4.34. The minimum Gasteiger partial charge on any atom is -0.383 e. The first-order chi connectivity index (χ1) is 11.7. The average Bonchev–Trinajstić information content (AvgIpc) is 2.63. The van der Waals surface area contributed by atoms with Gasteiger partial charge in [-0.25, -0.2) is 4.98 Å². The molecule has 1 aliphatic heterocycles. The molecule has 0 radical (unpaired) electrons. The fraction of sp³-hybridized carbons (Fsp3) is 0.400. The molecule has 4 heteroatoms. The summed E-state index contributed by atoms with van der Waals surface area (Å²) in [5, 5.41) is 3.36. The third-order valence-electron chi connectivity index (χ3n) is 4.64. The predicted molar refractivity (Wildman–Crippen MR) is 97.2 cm³/mol. The number of hydrogen-bond donors (Lipinski definition) is 1. The second-order valence-corrected chi connectivity index (χ2v) is 6.57. The van der Waals surface area contributed by atoms with Crippen LogP contribution in [0.4, 0.5) is 5.69 Å². The summed E-state index contributed by atoms with van der Waals surface area (Å²) in [5.74, 6) is 0.774. The van der Waals surface area contributed by atoms with Crippen LogP contribution in [0.3, 0.4) is 0 Å². The predicted octanol–water partition coefficient (Wildman–Crippen LogP) is 3.61. The fourth-order valence-corrected chi connectivity index (χ4v) is 2.99. The van der Waals surface area contributed by atoms with Gasteiger partial charge >= 0.3 is 0 Å². The second-order valence-electron chi connectivity index (χ2n) is 6.57. The van der Waals surface area contributed by atoms with Crippen molar-refractivity contribution in [2.75, 3.05) is 25.0 Å². The molecule has 0 bridgehead atoms. The molecular weight excluding hydrogens is 298 g/mol. The summed E-state index contributed by atoms with van der Waals surface area (Å²) in [6.45, 7) is 4.79. The highest BCUT2D eigenvalue weighted by molar-refractivity contribution is 5.92. The van der Waals surface area contributed by atoms with Crippen molar-refractivity contribution in [2.24, 2.45) is 5.92 Å². The van der Waals surface area contributed by atoms with Crippen molar-refractivity contribution >= 4 is 11.6 Å². The maximum Gasteiger partial charge on any atom is 0.272 e. The average molecular weight is 323 g/mol. The summed E-state index contributed by atoms with van der Waals surface area (Å²) in [5.41, 5.74) is 2.80. The van der Waals surface area contributed by atoms with Crippen molar-refractivity contribution in [3.05, 3.63) is 59.9 Å². The van der Waals surface area contributed by atoms with E-state index in [9.17, 15) is 4.79 Å². The molecule has 0 unspecified atom stereocenters. The molecule has 2 aromatic rings. The van der Waals surface area contributed by atoms with Crippen LogP contribution in [0.25, 0.3) is 0 Å². The molecular formula is C20H25N3O. The Morgan fingerprint density at radius 1 is 1.17 bits per heavy atom. The summed E-state index contributed by atoms with van der Waals surface area (Å²) in [7, 11) is 0. The van der Waals surface area contributed by atoms with Gasteiger partial charge in [-0.15, -0.1) is 0 Å². The number of amides is 1. The van der Waals surface area contributed by atoms with Crippen LogP contribution in [0, 0.1) is 5.92 Å². The molecule has 0 aliphatic carbocycles. The lowest BCUT2D eigenvalue weighted by Gasteiger charge is -2.30. The molecule has 2 heterocycles. The van der Waals surface area contributed by atoms with E-state index in [-0.39, 0.29) is 5.91 Å². The van der Waals surface area contributed by atoms with Crippen LogP contribution in [0.1, 0.15) is 35.8 Å². The Bertz CT molecular complexity index is 646. The maximum absolute atomic E-state index is 12.5. The SMILES string of the molecule is CC1CCN(C(=O)c2ccc(NCCc3ccccc3)cn2)CC1. The van der Waals surface area contributed by atoms with Crippen LogP contribution >= 0.6 is 0 Å². The molecule has 0 spiro atoms. The van der Waals surface area contributed by atoms with E-state index >= 15 is 0 Å². The number of anilines is 1. The van der Waals surface area contributed by atoms with Crippen molar-refractivity contribution in [3.63, 3.8) is 0 Å². The molecule has 3 rings (SSSR count). The number of rotatable bonds is 5. The number of carbonyl (C=O) groups excluding carboxylic acids is 1. The first kappa shape index (κ1) is 16.5. The minimum atomic E-state index is 0.0535. The Morgan fingerprint density at radius 2 is 1.92 bits per heavy atom. The number of aromatic nitrogens is 1. The molecule has 1 amide bonds. The zero-order valence-corrected chi connectivity index (χ0v) is 14.2.